The van der Waals surface area contributed by atoms with Gasteiger partial charge in [-0.2, -0.15) is 0 Å². The smallest absolute Gasteiger partial charge is 0.0166 e. The molecule has 108 valence electrons. The zero-order valence-corrected chi connectivity index (χ0v) is 12.6. The van der Waals surface area contributed by atoms with E-state index in [-0.39, 0.29) is 0 Å². The molecule has 0 aromatic rings. The fourth-order valence-electron chi connectivity index (χ4n) is 2.53. The van der Waals surface area contributed by atoms with Crippen molar-refractivity contribution in [3.05, 3.63) is 0 Å². The SMILES string of the molecule is CC1CCNCC(C)NC(C)CCNCC(C)N1. The molecule has 1 fully saturated rings. The van der Waals surface area contributed by atoms with Gasteiger partial charge in [0.2, 0.25) is 0 Å². The van der Waals surface area contributed by atoms with Gasteiger partial charge in [-0.25, -0.2) is 0 Å². The minimum absolute atomic E-state index is 0.546. The van der Waals surface area contributed by atoms with Crippen LogP contribution in [0.3, 0.4) is 0 Å². The average Bonchev–Trinajstić information content (AvgIpc) is 2.29. The van der Waals surface area contributed by atoms with Crippen LogP contribution in [0.25, 0.3) is 0 Å². The molecule has 1 aliphatic heterocycles. The van der Waals surface area contributed by atoms with Crippen LogP contribution in [0.4, 0.5) is 0 Å². The summed E-state index contributed by atoms with van der Waals surface area (Å²) >= 11 is 0. The lowest BCUT2D eigenvalue weighted by Crippen LogP contribution is -2.46. The lowest BCUT2D eigenvalue weighted by molar-refractivity contribution is 0.380. The molecule has 4 nitrogen and oxygen atoms in total. The summed E-state index contributed by atoms with van der Waals surface area (Å²) in [6, 6.07) is 2.26. The van der Waals surface area contributed by atoms with E-state index in [1.54, 1.807) is 0 Å². The van der Waals surface area contributed by atoms with E-state index in [9.17, 15) is 0 Å². The van der Waals surface area contributed by atoms with Crippen molar-refractivity contribution in [3.8, 4) is 0 Å². The van der Waals surface area contributed by atoms with E-state index in [4.69, 9.17) is 0 Å². The summed E-state index contributed by atoms with van der Waals surface area (Å²) in [6.07, 6.45) is 2.37. The molecule has 0 spiro atoms. The van der Waals surface area contributed by atoms with Crippen molar-refractivity contribution >= 4 is 0 Å². The zero-order valence-electron chi connectivity index (χ0n) is 12.6. The van der Waals surface area contributed by atoms with Crippen LogP contribution in [0.2, 0.25) is 0 Å². The van der Waals surface area contributed by atoms with Gasteiger partial charge in [-0.1, -0.05) is 0 Å². The Morgan fingerprint density at radius 3 is 1.39 bits per heavy atom. The van der Waals surface area contributed by atoms with Gasteiger partial charge in [-0.05, 0) is 53.6 Å². The largest absolute Gasteiger partial charge is 0.315 e. The van der Waals surface area contributed by atoms with Crippen molar-refractivity contribution in [2.24, 2.45) is 0 Å². The second-order valence-electron chi connectivity index (χ2n) is 5.92. The summed E-state index contributed by atoms with van der Waals surface area (Å²) in [5, 5.41) is 14.3. The highest BCUT2D eigenvalue weighted by molar-refractivity contribution is 4.75. The molecule has 18 heavy (non-hydrogen) atoms. The maximum absolute atomic E-state index is 3.64. The number of hydrogen-bond acceptors (Lipinski definition) is 4. The summed E-state index contributed by atoms with van der Waals surface area (Å²) < 4.78 is 0. The van der Waals surface area contributed by atoms with E-state index in [1.165, 1.54) is 12.8 Å². The number of nitrogens with one attached hydrogen (secondary N) is 4. The highest BCUT2D eigenvalue weighted by Gasteiger charge is 2.10. The first kappa shape index (κ1) is 15.9. The zero-order chi connectivity index (χ0) is 13.4. The number of rotatable bonds is 0. The Morgan fingerprint density at radius 2 is 1.00 bits per heavy atom. The van der Waals surface area contributed by atoms with Gasteiger partial charge in [0.25, 0.3) is 0 Å². The first-order valence-electron chi connectivity index (χ1n) is 7.51. The molecule has 0 aliphatic carbocycles. The molecule has 4 unspecified atom stereocenters. The van der Waals surface area contributed by atoms with Gasteiger partial charge in [0, 0.05) is 37.3 Å². The van der Waals surface area contributed by atoms with Crippen LogP contribution in [0, 0.1) is 0 Å². The molecule has 0 bridgehead atoms. The lowest BCUT2D eigenvalue weighted by atomic mass is 10.1. The maximum Gasteiger partial charge on any atom is 0.0166 e. The van der Waals surface area contributed by atoms with Crippen molar-refractivity contribution in [2.45, 2.75) is 64.7 Å². The Morgan fingerprint density at radius 1 is 0.611 bits per heavy atom. The molecular weight excluding hydrogens is 224 g/mol. The third-order valence-corrected chi connectivity index (χ3v) is 3.55. The fourth-order valence-corrected chi connectivity index (χ4v) is 2.53. The van der Waals surface area contributed by atoms with E-state index < -0.39 is 0 Å². The van der Waals surface area contributed by atoms with Crippen molar-refractivity contribution in [1.29, 1.82) is 0 Å². The molecule has 1 saturated heterocycles. The third kappa shape index (κ3) is 7.31. The molecule has 1 heterocycles. The van der Waals surface area contributed by atoms with Crippen molar-refractivity contribution < 1.29 is 0 Å². The third-order valence-electron chi connectivity index (χ3n) is 3.55. The van der Waals surface area contributed by atoms with E-state index in [2.05, 4.69) is 49.0 Å². The second-order valence-corrected chi connectivity index (χ2v) is 5.92. The molecule has 0 saturated carbocycles. The lowest BCUT2D eigenvalue weighted by Gasteiger charge is -2.24. The van der Waals surface area contributed by atoms with Crippen LogP contribution < -0.4 is 21.3 Å². The number of hydrogen-bond donors (Lipinski definition) is 4. The summed E-state index contributed by atoms with van der Waals surface area (Å²) in [4.78, 5) is 0. The van der Waals surface area contributed by atoms with E-state index >= 15 is 0 Å². The minimum Gasteiger partial charge on any atom is -0.315 e. The second kappa shape index (κ2) is 8.86. The Labute approximate surface area is 113 Å². The first-order chi connectivity index (χ1) is 8.58. The molecule has 4 N–H and O–H groups in total. The molecule has 4 atom stereocenters. The van der Waals surface area contributed by atoms with E-state index in [1.807, 2.05) is 0 Å². The average molecular weight is 256 g/mol. The van der Waals surface area contributed by atoms with Crippen LogP contribution in [0.5, 0.6) is 0 Å². The van der Waals surface area contributed by atoms with Gasteiger partial charge in [-0.3, -0.25) is 0 Å². The molecule has 4 heteroatoms. The molecule has 0 aromatic heterocycles. The topological polar surface area (TPSA) is 48.1 Å². The van der Waals surface area contributed by atoms with Crippen LogP contribution in [0.15, 0.2) is 0 Å². The van der Waals surface area contributed by atoms with Gasteiger partial charge < -0.3 is 21.3 Å². The predicted octanol–water partition coefficient (Wildman–Crippen LogP) is 0.693. The van der Waals surface area contributed by atoms with Gasteiger partial charge in [0.05, 0.1) is 0 Å². The summed E-state index contributed by atoms with van der Waals surface area (Å²) in [5.41, 5.74) is 0. The predicted molar refractivity (Wildman–Crippen MR) is 79.1 cm³/mol. The highest BCUT2D eigenvalue weighted by atomic mass is 15.0. The van der Waals surface area contributed by atoms with Crippen molar-refractivity contribution in [3.63, 3.8) is 0 Å². The van der Waals surface area contributed by atoms with Crippen LogP contribution >= 0.6 is 0 Å². The molecule has 0 aromatic carbocycles. The van der Waals surface area contributed by atoms with Crippen LogP contribution in [-0.2, 0) is 0 Å². The Hall–Kier alpha value is -0.160. The monoisotopic (exact) mass is 256 g/mol. The summed E-state index contributed by atoms with van der Waals surface area (Å²) in [6.45, 7) is 13.4. The Balaban J connectivity index is 2.36. The van der Waals surface area contributed by atoms with Crippen LogP contribution in [0.1, 0.15) is 40.5 Å². The van der Waals surface area contributed by atoms with Crippen molar-refractivity contribution in [1.82, 2.24) is 21.3 Å². The highest BCUT2D eigenvalue weighted by Crippen LogP contribution is 1.96. The molecule has 0 amide bonds. The van der Waals surface area contributed by atoms with E-state index in [0.717, 1.165) is 26.2 Å². The van der Waals surface area contributed by atoms with E-state index in [0.29, 0.717) is 24.2 Å². The summed E-state index contributed by atoms with van der Waals surface area (Å²) in [7, 11) is 0. The molecule has 1 aliphatic rings. The standard InChI is InChI=1S/C14H32N4/c1-11-5-7-15-10-14(4)18-12(2)6-8-16-9-13(3)17-11/h11-18H,5-10H2,1-4H3. The normalized spacial score (nSPS) is 38.0. The summed E-state index contributed by atoms with van der Waals surface area (Å²) in [5.74, 6) is 0. The van der Waals surface area contributed by atoms with Crippen molar-refractivity contribution in [2.75, 3.05) is 26.2 Å². The van der Waals surface area contributed by atoms with Gasteiger partial charge >= 0.3 is 0 Å². The molecule has 1 rings (SSSR count). The first-order valence-corrected chi connectivity index (χ1v) is 7.51. The quantitative estimate of drug-likeness (QED) is 0.515. The molecular formula is C14H32N4. The fraction of sp³-hybridized carbons (Fsp3) is 1.00. The maximum atomic E-state index is 3.64. The van der Waals surface area contributed by atoms with Gasteiger partial charge in [0.15, 0.2) is 0 Å². The van der Waals surface area contributed by atoms with Gasteiger partial charge in [-0.15, -0.1) is 0 Å². The van der Waals surface area contributed by atoms with Gasteiger partial charge in [0.1, 0.15) is 0 Å². The molecule has 0 radical (unpaired) electrons. The van der Waals surface area contributed by atoms with Crippen LogP contribution in [-0.4, -0.2) is 50.3 Å². The Kier molecular flexibility index (Phi) is 7.82. The minimum atomic E-state index is 0.546. The Bertz CT molecular complexity index is 168.